The number of aliphatic imine (C=N–C) groups is 1. The van der Waals surface area contributed by atoms with E-state index >= 15 is 0 Å². The summed E-state index contributed by atoms with van der Waals surface area (Å²) in [6, 6.07) is 10.2. The number of pyridine rings is 1. The van der Waals surface area contributed by atoms with Crippen molar-refractivity contribution in [1.82, 2.24) is 4.98 Å². The second-order valence-corrected chi connectivity index (χ2v) is 4.12. The van der Waals surface area contributed by atoms with Crippen LogP contribution in [0.5, 0.6) is 0 Å². The van der Waals surface area contributed by atoms with Gasteiger partial charge in [0.25, 0.3) is 0 Å². The molecular weight excluding hydrogens is 262 g/mol. The lowest BCUT2D eigenvalue weighted by Crippen LogP contribution is -2.12. The summed E-state index contributed by atoms with van der Waals surface area (Å²) in [7, 11) is 0. The van der Waals surface area contributed by atoms with Crippen molar-refractivity contribution >= 4 is 28.9 Å². The van der Waals surface area contributed by atoms with E-state index in [0.717, 1.165) is 0 Å². The number of carbonyl (C=O) groups is 1. The quantitative estimate of drug-likeness (QED) is 0.403. The number of benzene rings is 1. The number of alkyl halides is 1. The fraction of sp³-hybridized carbons (Fsp3) is 0.0714. The predicted molar refractivity (Wildman–Crippen MR) is 76.1 cm³/mol. The highest BCUT2D eigenvalue weighted by Crippen LogP contribution is 2.15. The van der Waals surface area contributed by atoms with Gasteiger partial charge in [-0.15, -0.1) is 11.6 Å². The highest BCUT2D eigenvalue weighted by molar-refractivity contribution is 6.28. The molecule has 2 rings (SSSR count). The Kier molecular flexibility index (Phi) is 4.26. The van der Waals surface area contributed by atoms with E-state index in [1.165, 1.54) is 0 Å². The molecule has 0 saturated carbocycles. The van der Waals surface area contributed by atoms with Crippen LogP contribution >= 0.6 is 11.6 Å². The van der Waals surface area contributed by atoms with E-state index in [-0.39, 0.29) is 11.7 Å². The van der Waals surface area contributed by atoms with E-state index < -0.39 is 0 Å². The molecule has 1 heterocycles. The molecule has 0 saturated heterocycles. The predicted octanol–water partition coefficient (Wildman–Crippen LogP) is 2.54. The molecule has 2 aromatic rings. The number of hydrogen-bond acceptors (Lipinski definition) is 3. The number of nitrogens with zero attached hydrogens (tertiary/aromatic N) is 2. The van der Waals surface area contributed by atoms with Gasteiger partial charge in [-0.25, -0.2) is 4.99 Å². The first-order valence-electron chi connectivity index (χ1n) is 5.64. The fourth-order valence-electron chi connectivity index (χ4n) is 1.55. The summed E-state index contributed by atoms with van der Waals surface area (Å²) in [4.78, 5) is 20.1. The number of aromatic nitrogens is 1. The summed E-state index contributed by atoms with van der Waals surface area (Å²) in [5, 5.41) is 0. The van der Waals surface area contributed by atoms with Crippen molar-refractivity contribution in [2.24, 2.45) is 10.7 Å². The van der Waals surface area contributed by atoms with Gasteiger partial charge in [0.2, 0.25) is 0 Å². The van der Waals surface area contributed by atoms with E-state index in [1.54, 1.807) is 48.8 Å². The average Bonchev–Trinajstić information content (AvgIpc) is 2.48. The number of amidine groups is 1. The number of carbonyl (C=O) groups excluding carboxylic acids is 1. The van der Waals surface area contributed by atoms with Crippen LogP contribution < -0.4 is 5.73 Å². The fourth-order valence-corrected chi connectivity index (χ4v) is 1.61. The summed E-state index contributed by atoms with van der Waals surface area (Å²) in [6.45, 7) is 0. The third-order valence-corrected chi connectivity index (χ3v) is 2.76. The first kappa shape index (κ1) is 13.2. The van der Waals surface area contributed by atoms with Crippen LogP contribution in [0, 0.1) is 0 Å². The highest BCUT2D eigenvalue weighted by Gasteiger charge is 2.08. The minimum absolute atomic E-state index is 0.0526. The van der Waals surface area contributed by atoms with Gasteiger partial charge in [-0.3, -0.25) is 9.78 Å². The van der Waals surface area contributed by atoms with Crippen molar-refractivity contribution in [3.63, 3.8) is 0 Å². The zero-order valence-electron chi connectivity index (χ0n) is 10.1. The van der Waals surface area contributed by atoms with Crippen LogP contribution in [-0.4, -0.2) is 22.5 Å². The van der Waals surface area contributed by atoms with Crippen LogP contribution in [-0.2, 0) is 0 Å². The van der Waals surface area contributed by atoms with Gasteiger partial charge in [0.15, 0.2) is 5.78 Å². The summed E-state index contributed by atoms with van der Waals surface area (Å²) in [5.74, 6) is 0.468. The molecule has 0 amide bonds. The van der Waals surface area contributed by atoms with Gasteiger partial charge in [-0.2, -0.15) is 0 Å². The van der Waals surface area contributed by atoms with Crippen LogP contribution in [0.2, 0.25) is 0 Å². The van der Waals surface area contributed by atoms with E-state index in [2.05, 4.69) is 9.98 Å². The van der Waals surface area contributed by atoms with E-state index in [9.17, 15) is 4.79 Å². The monoisotopic (exact) mass is 273 g/mol. The molecule has 1 aromatic heterocycles. The number of hydrogen-bond donors (Lipinski definition) is 1. The molecule has 1 aromatic carbocycles. The maximum atomic E-state index is 12.1. The van der Waals surface area contributed by atoms with Gasteiger partial charge < -0.3 is 5.73 Å². The topological polar surface area (TPSA) is 68.3 Å². The van der Waals surface area contributed by atoms with Gasteiger partial charge in [-0.05, 0) is 36.4 Å². The highest BCUT2D eigenvalue weighted by atomic mass is 35.5. The Morgan fingerprint density at radius 1 is 1.11 bits per heavy atom. The molecule has 96 valence electrons. The Balaban J connectivity index is 2.22. The number of ketones is 1. The Bertz CT molecular complexity index is 594. The summed E-state index contributed by atoms with van der Waals surface area (Å²) in [5.41, 5.74) is 7.40. The SMILES string of the molecule is NC(CCl)=Nc1ccc(C(=O)c2ccncc2)cc1. The molecule has 0 radical (unpaired) electrons. The lowest BCUT2D eigenvalue weighted by atomic mass is 10.0. The minimum atomic E-state index is -0.0526. The van der Waals surface area contributed by atoms with Crippen molar-refractivity contribution in [3.05, 3.63) is 59.9 Å². The van der Waals surface area contributed by atoms with Crippen LogP contribution in [0.15, 0.2) is 53.8 Å². The second-order valence-electron chi connectivity index (χ2n) is 3.85. The Morgan fingerprint density at radius 3 is 2.26 bits per heavy atom. The lowest BCUT2D eigenvalue weighted by Gasteiger charge is -2.01. The number of halogens is 1. The summed E-state index contributed by atoms with van der Waals surface area (Å²) >= 11 is 5.55. The molecule has 0 bridgehead atoms. The molecule has 4 nitrogen and oxygen atoms in total. The molecule has 19 heavy (non-hydrogen) atoms. The molecule has 5 heteroatoms. The zero-order valence-corrected chi connectivity index (χ0v) is 10.8. The molecular formula is C14H12ClN3O. The molecule has 0 atom stereocenters. The molecule has 2 N–H and O–H groups in total. The zero-order chi connectivity index (χ0) is 13.7. The second kappa shape index (κ2) is 6.11. The molecule has 0 aliphatic carbocycles. The number of nitrogens with two attached hydrogens (primary N) is 1. The van der Waals surface area contributed by atoms with E-state index in [1.807, 2.05) is 0 Å². The first-order chi connectivity index (χ1) is 9.20. The van der Waals surface area contributed by atoms with E-state index in [4.69, 9.17) is 17.3 Å². The van der Waals surface area contributed by atoms with Gasteiger partial charge >= 0.3 is 0 Å². The van der Waals surface area contributed by atoms with Crippen LogP contribution in [0.3, 0.4) is 0 Å². The van der Waals surface area contributed by atoms with Gasteiger partial charge in [0.1, 0.15) is 5.84 Å². The van der Waals surface area contributed by atoms with Crippen molar-refractivity contribution < 1.29 is 4.79 Å². The van der Waals surface area contributed by atoms with Gasteiger partial charge in [0, 0.05) is 23.5 Å². The normalized spacial score (nSPS) is 11.3. The molecule has 0 spiro atoms. The average molecular weight is 274 g/mol. The summed E-state index contributed by atoms with van der Waals surface area (Å²) in [6.07, 6.45) is 3.18. The third kappa shape index (κ3) is 3.39. The smallest absolute Gasteiger partial charge is 0.193 e. The molecule has 0 unspecified atom stereocenters. The third-order valence-electron chi connectivity index (χ3n) is 2.48. The lowest BCUT2D eigenvalue weighted by molar-refractivity contribution is 0.103. The molecule has 0 aliphatic heterocycles. The van der Waals surface area contributed by atoms with Crippen molar-refractivity contribution in [2.45, 2.75) is 0 Å². The van der Waals surface area contributed by atoms with Gasteiger partial charge in [0.05, 0.1) is 11.6 Å². The largest absolute Gasteiger partial charge is 0.386 e. The maximum absolute atomic E-state index is 12.1. The van der Waals surface area contributed by atoms with Crippen molar-refractivity contribution in [3.8, 4) is 0 Å². The maximum Gasteiger partial charge on any atom is 0.193 e. The Labute approximate surface area is 116 Å². The first-order valence-corrected chi connectivity index (χ1v) is 6.18. The Morgan fingerprint density at radius 2 is 1.68 bits per heavy atom. The minimum Gasteiger partial charge on any atom is -0.386 e. The molecule has 0 aliphatic rings. The Hall–Kier alpha value is -2.20. The van der Waals surface area contributed by atoms with Gasteiger partial charge in [-0.1, -0.05) is 0 Å². The molecule has 0 fully saturated rings. The van der Waals surface area contributed by atoms with Crippen molar-refractivity contribution in [2.75, 3.05) is 5.88 Å². The van der Waals surface area contributed by atoms with Crippen molar-refractivity contribution in [1.29, 1.82) is 0 Å². The summed E-state index contributed by atoms with van der Waals surface area (Å²) < 4.78 is 0. The standard InChI is InChI=1S/C14H12ClN3O/c15-9-13(16)18-12-3-1-10(2-4-12)14(19)11-5-7-17-8-6-11/h1-8H,9H2,(H2,16,18). The van der Waals surface area contributed by atoms with E-state index in [0.29, 0.717) is 22.6 Å². The van der Waals surface area contributed by atoms with Crippen LogP contribution in [0.4, 0.5) is 5.69 Å². The van der Waals surface area contributed by atoms with Crippen LogP contribution in [0.25, 0.3) is 0 Å². The number of rotatable bonds is 4. The van der Waals surface area contributed by atoms with Crippen LogP contribution in [0.1, 0.15) is 15.9 Å².